The molecule has 0 atom stereocenters. The summed E-state index contributed by atoms with van der Waals surface area (Å²) >= 11 is 0. The number of nitrogens with one attached hydrogen (secondary N) is 1. The lowest BCUT2D eigenvalue weighted by Gasteiger charge is -2.11. The summed E-state index contributed by atoms with van der Waals surface area (Å²) in [5, 5.41) is 21.1. The van der Waals surface area contributed by atoms with Crippen molar-refractivity contribution in [1.82, 2.24) is 30.1 Å². The third-order valence-corrected chi connectivity index (χ3v) is 7.43. The molecule has 9 nitrogen and oxygen atoms in total. The Morgan fingerprint density at radius 1 is 0.636 bits per heavy atom. The summed E-state index contributed by atoms with van der Waals surface area (Å²) in [6, 6.07) is 30.4. The summed E-state index contributed by atoms with van der Waals surface area (Å²) in [7, 11) is 0. The Kier molecular flexibility index (Phi) is 5.87. The van der Waals surface area contributed by atoms with Crippen molar-refractivity contribution in [3.05, 3.63) is 127 Å². The second-order valence-corrected chi connectivity index (χ2v) is 10.1. The highest BCUT2D eigenvalue weighted by molar-refractivity contribution is 6.06. The van der Waals surface area contributed by atoms with Crippen LogP contribution in [0.4, 0.5) is 0 Å². The van der Waals surface area contributed by atoms with E-state index >= 15 is 0 Å². The van der Waals surface area contributed by atoms with E-state index in [1.807, 2.05) is 78.9 Å². The molecule has 0 bridgehead atoms. The molecule has 5 heterocycles. The van der Waals surface area contributed by atoms with E-state index in [9.17, 15) is 0 Å². The minimum Gasteiger partial charge on any atom is -0.437 e. The molecular weight excluding hydrogens is 550 g/mol. The standard InChI is InChI=1S/C35H21N7O2/c1-20(27-11-9-25-23-7-3-17-37-28(23)13-15-30(25)39-27)43-33(36)21-5-2-6-22(19-21)34-41-42-35(44-34)32-12-10-26-24-8-4-18-38-29(24)14-16-31(26)40-32/h2-19,36H,1H2. The third kappa shape index (κ3) is 4.40. The Labute approximate surface area is 250 Å². The summed E-state index contributed by atoms with van der Waals surface area (Å²) < 4.78 is 11.8. The highest BCUT2D eigenvalue weighted by Crippen LogP contribution is 2.29. The van der Waals surface area contributed by atoms with Gasteiger partial charge in [0.15, 0.2) is 0 Å². The molecule has 0 saturated carbocycles. The van der Waals surface area contributed by atoms with Crippen LogP contribution in [0.15, 0.2) is 120 Å². The zero-order valence-electron chi connectivity index (χ0n) is 23.1. The topological polar surface area (TPSA) is 124 Å². The van der Waals surface area contributed by atoms with E-state index in [0.29, 0.717) is 34.3 Å². The molecule has 0 spiro atoms. The smallest absolute Gasteiger partial charge is 0.266 e. The van der Waals surface area contributed by atoms with E-state index in [2.05, 4.69) is 26.7 Å². The van der Waals surface area contributed by atoms with E-state index in [4.69, 9.17) is 24.5 Å². The van der Waals surface area contributed by atoms with Gasteiger partial charge in [-0.3, -0.25) is 15.4 Å². The minimum absolute atomic E-state index is 0.0842. The second-order valence-electron chi connectivity index (χ2n) is 10.1. The van der Waals surface area contributed by atoms with Crippen LogP contribution < -0.4 is 0 Å². The van der Waals surface area contributed by atoms with Gasteiger partial charge in [0.05, 0.1) is 22.1 Å². The summed E-state index contributed by atoms with van der Waals surface area (Å²) in [5.74, 6) is 0.777. The van der Waals surface area contributed by atoms with Crippen LogP contribution in [-0.4, -0.2) is 36.0 Å². The Morgan fingerprint density at radius 2 is 1.27 bits per heavy atom. The molecular formula is C35H21N7O2. The Morgan fingerprint density at radius 3 is 2.02 bits per heavy atom. The van der Waals surface area contributed by atoms with Crippen molar-refractivity contribution >= 4 is 55.3 Å². The van der Waals surface area contributed by atoms with Gasteiger partial charge in [0.1, 0.15) is 17.1 Å². The highest BCUT2D eigenvalue weighted by Gasteiger charge is 2.16. The summed E-state index contributed by atoms with van der Waals surface area (Å²) in [6.45, 7) is 4.03. The first kappa shape index (κ1) is 25.4. The minimum atomic E-state index is -0.0842. The van der Waals surface area contributed by atoms with Gasteiger partial charge in [0, 0.05) is 45.1 Å². The van der Waals surface area contributed by atoms with Crippen LogP contribution in [0.5, 0.6) is 0 Å². The SMILES string of the molecule is C=C(OC(=N)c1cccc(-c2nnc(-c3ccc4c(ccc5ncccc54)n3)o2)c1)c1ccc2c(ccc3ncccc32)n1. The first-order chi connectivity index (χ1) is 21.6. The highest BCUT2D eigenvalue weighted by atomic mass is 16.5. The van der Waals surface area contributed by atoms with Gasteiger partial charge in [0.25, 0.3) is 5.89 Å². The van der Waals surface area contributed by atoms with Gasteiger partial charge >= 0.3 is 0 Å². The zero-order chi connectivity index (χ0) is 29.6. The van der Waals surface area contributed by atoms with E-state index < -0.39 is 0 Å². The molecule has 5 aromatic heterocycles. The van der Waals surface area contributed by atoms with Crippen LogP contribution >= 0.6 is 0 Å². The van der Waals surface area contributed by atoms with Crippen molar-refractivity contribution in [3.8, 4) is 23.0 Å². The van der Waals surface area contributed by atoms with E-state index in [1.165, 1.54) is 0 Å². The van der Waals surface area contributed by atoms with Crippen LogP contribution in [-0.2, 0) is 4.74 Å². The second kappa shape index (κ2) is 10.2. The normalized spacial score (nSPS) is 11.4. The fraction of sp³-hybridized carbons (Fsp3) is 0. The summed E-state index contributed by atoms with van der Waals surface area (Å²) in [4.78, 5) is 18.3. The van der Waals surface area contributed by atoms with Gasteiger partial charge in [-0.2, -0.15) is 0 Å². The maximum atomic E-state index is 8.61. The van der Waals surface area contributed by atoms with Crippen molar-refractivity contribution in [2.45, 2.75) is 0 Å². The van der Waals surface area contributed by atoms with Crippen molar-refractivity contribution in [3.63, 3.8) is 0 Å². The Bertz CT molecular complexity index is 2430. The van der Waals surface area contributed by atoms with Gasteiger partial charge in [-0.15, -0.1) is 10.2 Å². The lowest BCUT2D eigenvalue weighted by atomic mass is 10.1. The number of ether oxygens (including phenoxy) is 1. The molecule has 44 heavy (non-hydrogen) atoms. The fourth-order valence-electron chi connectivity index (χ4n) is 5.28. The first-order valence-electron chi connectivity index (χ1n) is 13.8. The Hall–Kier alpha value is -6.35. The maximum Gasteiger partial charge on any atom is 0.266 e. The van der Waals surface area contributed by atoms with Gasteiger partial charge in [-0.05, 0) is 78.9 Å². The van der Waals surface area contributed by atoms with Crippen molar-refractivity contribution in [2.75, 3.05) is 0 Å². The lowest BCUT2D eigenvalue weighted by Crippen LogP contribution is -2.05. The number of fused-ring (bicyclic) bond motifs is 6. The lowest BCUT2D eigenvalue weighted by molar-refractivity contribution is 0.503. The molecule has 8 aromatic rings. The van der Waals surface area contributed by atoms with E-state index in [-0.39, 0.29) is 11.7 Å². The number of rotatable bonds is 5. The van der Waals surface area contributed by atoms with Crippen LogP contribution in [0.25, 0.3) is 72.4 Å². The van der Waals surface area contributed by atoms with Crippen LogP contribution in [0.1, 0.15) is 11.3 Å². The number of aromatic nitrogens is 6. The quantitative estimate of drug-likeness (QED) is 0.0969. The average Bonchev–Trinajstić information content (AvgIpc) is 3.58. The van der Waals surface area contributed by atoms with Crippen molar-refractivity contribution in [1.29, 1.82) is 5.41 Å². The Balaban J connectivity index is 1.03. The van der Waals surface area contributed by atoms with Crippen LogP contribution in [0.2, 0.25) is 0 Å². The number of benzene rings is 3. The predicted octanol–water partition coefficient (Wildman–Crippen LogP) is 7.61. The summed E-state index contributed by atoms with van der Waals surface area (Å²) in [5.41, 5.74) is 5.67. The molecule has 3 aromatic carbocycles. The summed E-state index contributed by atoms with van der Waals surface area (Å²) in [6.07, 6.45) is 3.54. The van der Waals surface area contributed by atoms with Gasteiger partial charge in [0.2, 0.25) is 11.8 Å². The average molecular weight is 572 g/mol. The zero-order valence-corrected chi connectivity index (χ0v) is 23.1. The molecule has 0 saturated heterocycles. The predicted molar refractivity (Wildman–Crippen MR) is 170 cm³/mol. The molecule has 8 rings (SSSR count). The van der Waals surface area contributed by atoms with Gasteiger partial charge in [-0.1, -0.05) is 24.8 Å². The molecule has 0 aliphatic heterocycles. The number of nitrogens with zero attached hydrogens (tertiary/aromatic N) is 6. The molecule has 0 unspecified atom stereocenters. The van der Waals surface area contributed by atoms with E-state index in [1.54, 1.807) is 30.6 Å². The van der Waals surface area contributed by atoms with Crippen LogP contribution in [0.3, 0.4) is 0 Å². The van der Waals surface area contributed by atoms with Gasteiger partial charge in [-0.25, -0.2) is 9.97 Å². The third-order valence-electron chi connectivity index (χ3n) is 7.43. The van der Waals surface area contributed by atoms with Gasteiger partial charge < -0.3 is 9.15 Å². The van der Waals surface area contributed by atoms with Crippen molar-refractivity contribution < 1.29 is 9.15 Å². The number of hydrogen-bond donors (Lipinski definition) is 1. The van der Waals surface area contributed by atoms with Crippen LogP contribution in [0, 0.1) is 5.41 Å². The largest absolute Gasteiger partial charge is 0.437 e. The molecule has 1 N–H and O–H groups in total. The molecule has 0 aliphatic carbocycles. The molecule has 0 radical (unpaired) electrons. The first-order valence-corrected chi connectivity index (χ1v) is 13.8. The molecule has 0 fully saturated rings. The van der Waals surface area contributed by atoms with E-state index in [0.717, 1.165) is 43.6 Å². The number of pyridine rings is 4. The molecule has 0 amide bonds. The van der Waals surface area contributed by atoms with Crippen molar-refractivity contribution in [2.24, 2.45) is 0 Å². The molecule has 0 aliphatic rings. The monoisotopic (exact) mass is 571 g/mol. The maximum absolute atomic E-state index is 8.61. The number of hydrogen-bond acceptors (Lipinski definition) is 9. The fourth-order valence-corrected chi connectivity index (χ4v) is 5.28. The molecule has 9 heteroatoms. The molecule has 208 valence electrons.